The molecule has 2 aromatic rings. The molecule has 2 aliphatic heterocycles. The highest BCUT2D eigenvalue weighted by Crippen LogP contribution is 2.53. The van der Waals surface area contributed by atoms with Crippen LogP contribution in [0, 0.1) is 5.92 Å². The van der Waals surface area contributed by atoms with Gasteiger partial charge in [-0.05, 0) is 43.5 Å². The van der Waals surface area contributed by atoms with E-state index in [0.717, 1.165) is 23.2 Å². The molecule has 0 radical (unpaired) electrons. The fourth-order valence-corrected chi connectivity index (χ4v) is 4.63. The normalized spacial score (nSPS) is 25.7. The maximum Gasteiger partial charge on any atom is 0.264 e. The summed E-state index contributed by atoms with van der Waals surface area (Å²) in [5.74, 6) is -0.544. The lowest BCUT2D eigenvalue weighted by molar-refractivity contribution is -0.146. The Kier molecular flexibility index (Phi) is 5.83. The molecule has 2 heterocycles. The van der Waals surface area contributed by atoms with Gasteiger partial charge in [0.25, 0.3) is 11.8 Å². The van der Waals surface area contributed by atoms with Crippen LogP contribution in [0.25, 0.3) is 0 Å². The van der Waals surface area contributed by atoms with Gasteiger partial charge in [0.15, 0.2) is 5.60 Å². The zero-order chi connectivity index (χ0) is 22.2. The van der Waals surface area contributed by atoms with E-state index in [9.17, 15) is 19.8 Å². The van der Waals surface area contributed by atoms with Crippen molar-refractivity contribution in [2.45, 2.75) is 51.0 Å². The van der Waals surface area contributed by atoms with Crippen LogP contribution < -0.4 is 10.2 Å². The Morgan fingerprint density at radius 1 is 1.26 bits per heavy atom. The number of nitrogens with zero attached hydrogens (tertiary/aromatic N) is 1. The van der Waals surface area contributed by atoms with Crippen LogP contribution in [0.2, 0.25) is 0 Å². The van der Waals surface area contributed by atoms with Gasteiger partial charge < -0.3 is 25.2 Å². The van der Waals surface area contributed by atoms with Crippen LogP contribution in [0.5, 0.6) is 0 Å². The average Bonchev–Trinajstić information content (AvgIpc) is 3.20. The fourth-order valence-electron chi connectivity index (χ4n) is 4.63. The second kappa shape index (κ2) is 8.42. The van der Waals surface area contributed by atoms with Crippen LogP contribution in [0.1, 0.15) is 37.8 Å². The van der Waals surface area contributed by atoms with E-state index in [0.29, 0.717) is 18.7 Å². The minimum absolute atomic E-state index is 0.000703. The van der Waals surface area contributed by atoms with Gasteiger partial charge in [-0.1, -0.05) is 37.3 Å². The Bertz CT molecular complexity index is 974. The first-order valence-electron chi connectivity index (χ1n) is 10.6. The minimum Gasteiger partial charge on any atom is -0.396 e. The van der Waals surface area contributed by atoms with Crippen LogP contribution in [0.15, 0.2) is 48.5 Å². The van der Waals surface area contributed by atoms with E-state index in [1.54, 1.807) is 17.0 Å². The SMILES string of the molecule is C[C@H](O)C(=O)Nc1ccc(CN2C(=O)[C@@]3(O[C@@H](CCO)C[C@H]3C)c3ccccc32)cc1. The Balaban J connectivity index is 1.59. The second-order valence-corrected chi connectivity index (χ2v) is 8.40. The monoisotopic (exact) mass is 424 g/mol. The molecule has 3 N–H and O–H groups in total. The molecule has 1 spiro atoms. The molecule has 1 saturated heterocycles. The number of anilines is 2. The Labute approximate surface area is 181 Å². The number of carbonyl (C=O) groups is 2. The number of benzene rings is 2. The van der Waals surface area contributed by atoms with Crippen molar-refractivity contribution in [1.29, 1.82) is 0 Å². The lowest BCUT2D eigenvalue weighted by Crippen LogP contribution is -2.43. The lowest BCUT2D eigenvalue weighted by Gasteiger charge is -2.28. The van der Waals surface area contributed by atoms with Gasteiger partial charge in [-0.2, -0.15) is 0 Å². The van der Waals surface area contributed by atoms with Crippen molar-refractivity contribution >= 4 is 23.2 Å². The average molecular weight is 424 g/mol. The van der Waals surface area contributed by atoms with E-state index in [4.69, 9.17) is 4.74 Å². The molecule has 2 amide bonds. The Morgan fingerprint density at radius 3 is 2.65 bits per heavy atom. The van der Waals surface area contributed by atoms with Crippen LogP contribution >= 0.6 is 0 Å². The zero-order valence-electron chi connectivity index (χ0n) is 17.7. The summed E-state index contributed by atoms with van der Waals surface area (Å²) in [4.78, 5) is 27.1. The van der Waals surface area contributed by atoms with Gasteiger partial charge >= 0.3 is 0 Å². The van der Waals surface area contributed by atoms with Crippen LogP contribution in [-0.2, 0) is 26.5 Å². The molecule has 0 saturated carbocycles. The first kappa shape index (κ1) is 21.5. The van der Waals surface area contributed by atoms with E-state index in [1.807, 2.05) is 43.3 Å². The number of rotatable bonds is 6. The predicted molar refractivity (Wildman–Crippen MR) is 116 cm³/mol. The standard InChI is InChI=1S/C24H28N2O5/c1-15-13-19(11-12-27)31-24(15)20-5-3-4-6-21(20)26(23(24)30)14-17-7-9-18(10-8-17)25-22(29)16(2)28/h3-10,15-16,19,27-28H,11-14H2,1-2H3,(H,25,29)/t15-,16+,19+,24+/m1/s1. The smallest absolute Gasteiger partial charge is 0.264 e. The maximum atomic E-state index is 13.7. The molecular weight excluding hydrogens is 396 g/mol. The van der Waals surface area contributed by atoms with Crippen molar-refractivity contribution in [1.82, 2.24) is 0 Å². The predicted octanol–water partition coefficient (Wildman–Crippen LogP) is 2.56. The summed E-state index contributed by atoms with van der Waals surface area (Å²) < 4.78 is 6.33. The van der Waals surface area contributed by atoms with Crippen molar-refractivity contribution in [3.8, 4) is 0 Å². The molecule has 4 rings (SSSR count). The summed E-state index contributed by atoms with van der Waals surface area (Å²) in [5.41, 5.74) is 2.21. The van der Waals surface area contributed by atoms with Gasteiger partial charge in [0, 0.05) is 23.8 Å². The van der Waals surface area contributed by atoms with Crippen LogP contribution in [0.3, 0.4) is 0 Å². The molecule has 0 unspecified atom stereocenters. The van der Waals surface area contributed by atoms with Gasteiger partial charge in [0.05, 0.1) is 18.3 Å². The number of ether oxygens (including phenoxy) is 1. The molecule has 164 valence electrons. The minimum atomic E-state index is -1.09. The Hall–Kier alpha value is -2.74. The molecule has 7 heteroatoms. The quantitative estimate of drug-likeness (QED) is 0.662. The lowest BCUT2D eigenvalue weighted by atomic mass is 9.83. The number of nitrogens with one attached hydrogen (secondary N) is 1. The van der Waals surface area contributed by atoms with Crippen molar-refractivity contribution in [2.75, 3.05) is 16.8 Å². The third-order valence-corrected chi connectivity index (χ3v) is 6.21. The van der Waals surface area contributed by atoms with Gasteiger partial charge in [-0.25, -0.2) is 0 Å². The third-order valence-electron chi connectivity index (χ3n) is 6.21. The summed E-state index contributed by atoms with van der Waals surface area (Å²) in [6.07, 6.45) is 0.0132. The molecule has 1 fully saturated rings. The van der Waals surface area contributed by atoms with Gasteiger partial charge in [-0.3, -0.25) is 9.59 Å². The summed E-state index contributed by atoms with van der Waals surface area (Å²) in [6, 6.07) is 14.9. The largest absolute Gasteiger partial charge is 0.396 e. The molecule has 0 aliphatic carbocycles. The molecule has 4 atom stereocenters. The van der Waals surface area contributed by atoms with Crippen LogP contribution in [0.4, 0.5) is 11.4 Å². The van der Waals surface area contributed by atoms with E-state index in [2.05, 4.69) is 5.32 Å². The van der Waals surface area contributed by atoms with Crippen LogP contribution in [-0.4, -0.2) is 40.8 Å². The number of para-hydroxylation sites is 1. The summed E-state index contributed by atoms with van der Waals surface area (Å²) in [7, 11) is 0. The van der Waals surface area contributed by atoms with E-state index in [-0.39, 0.29) is 24.5 Å². The fraction of sp³-hybridized carbons (Fsp3) is 0.417. The molecular formula is C24H28N2O5. The zero-order valence-corrected chi connectivity index (χ0v) is 17.7. The number of aliphatic hydroxyl groups is 2. The van der Waals surface area contributed by atoms with Crippen molar-refractivity contribution < 1.29 is 24.5 Å². The maximum absolute atomic E-state index is 13.7. The second-order valence-electron chi connectivity index (χ2n) is 8.40. The topological polar surface area (TPSA) is 99.1 Å². The number of hydrogen-bond acceptors (Lipinski definition) is 5. The van der Waals surface area contributed by atoms with Crippen molar-refractivity contribution in [3.63, 3.8) is 0 Å². The molecule has 2 aromatic carbocycles. The number of carbonyl (C=O) groups excluding carboxylic acids is 2. The molecule has 0 aromatic heterocycles. The summed E-state index contributed by atoms with van der Waals surface area (Å²) >= 11 is 0. The van der Waals surface area contributed by atoms with Gasteiger partial charge in [-0.15, -0.1) is 0 Å². The summed E-state index contributed by atoms with van der Waals surface area (Å²) in [6.45, 7) is 3.86. The number of aliphatic hydroxyl groups excluding tert-OH is 2. The van der Waals surface area contributed by atoms with E-state index >= 15 is 0 Å². The number of fused-ring (bicyclic) bond motifs is 2. The van der Waals surface area contributed by atoms with Crippen molar-refractivity contribution in [3.05, 3.63) is 59.7 Å². The Morgan fingerprint density at radius 2 is 1.97 bits per heavy atom. The summed E-state index contributed by atoms with van der Waals surface area (Å²) in [5, 5.41) is 21.3. The first-order chi connectivity index (χ1) is 14.9. The molecule has 7 nitrogen and oxygen atoms in total. The highest BCUT2D eigenvalue weighted by atomic mass is 16.5. The highest BCUT2D eigenvalue weighted by molar-refractivity contribution is 6.07. The first-order valence-corrected chi connectivity index (χ1v) is 10.6. The van der Waals surface area contributed by atoms with Crippen molar-refractivity contribution in [2.24, 2.45) is 5.92 Å². The van der Waals surface area contributed by atoms with Gasteiger partial charge in [0.1, 0.15) is 6.10 Å². The third kappa shape index (κ3) is 3.73. The molecule has 0 bridgehead atoms. The highest BCUT2D eigenvalue weighted by Gasteiger charge is 2.59. The molecule has 2 aliphatic rings. The van der Waals surface area contributed by atoms with Gasteiger partial charge in [0.2, 0.25) is 0 Å². The molecule has 31 heavy (non-hydrogen) atoms. The number of hydrogen-bond donors (Lipinski definition) is 3. The van der Waals surface area contributed by atoms with E-state index in [1.165, 1.54) is 6.92 Å². The van der Waals surface area contributed by atoms with E-state index < -0.39 is 17.6 Å². The number of amides is 2.